The van der Waals surface area contributed by atoms with Crippen LogP contribution in [0.4, 0.5) is 5.95 Å². The van der Waals surface area contributed by atoms with E-state index in [0.717, 1.165) is 10.9 Å². The fraction of sp³-hybridized carbons (Fsp3) is 0.214. The van der Waals surface area contributed by atoms with Crippen molar-refractivity contribution >= 4 is 22.8 Å². The number of fused-ring (bicyclic) bond motifs is 1. The summed E-state index contributed by atoms with van der Waals surface area (Å²) >= 11 is 0. The molecular formula is C14H14N6O2. The van der Waals surface area contributed by atoms with E-state index in [0.29, 0.717) is 17.9 Å². The first kappa shape index (κ1) is 14.1. The predicted octanol–water partition coefficient (Wildman–Crippen LogP) is 1.32. The molecule has 0 radical (unpaired) electrons. The van der Waals surface area contributed by atoms with Crippen LogP contribution in [-0.4, -0.2) is 37.7 Å². The smallest absolute Gasteiger partial charge is 0.232 e. The third-order valence-electron chi connectivity index (χ3n) is 3.01. The van der Waals surface area contributed by atoms with Crippen molar-refractivity contribution in [3.05, 3.63) is 36.4 Å². The number of para-hydroxylation sites is 1. The van der Waals surface area contributed by atoms with E-state index in [1.807, 2.05) is 18.2 Å². The molecule has 0 fully saturated rings. The zero-order chi connectivity index (χ0) is 15.5. The number of carbonyl (C=O) groups is 1. The van der Waals surface area contributed by atoms with Gasteiger partial charge in [0.1, 0.15) is 12.7 Å². The van der Waals surface area contributed by atoms with E-state index in [1.165, 1.54) is 17.9 Å². The van der Waals surface area contributed by atoms with Crippen molar-refractivity contribution in [1.29, 1.82) is 0 Å². The Labute approximate surface area is 126 Å². The van der Waals surface area contributed by atoms with Gasteiger partial charge in [-0.1, -0.05) is 12.1 Å². The van der Waals surface area contributed by atoms with Gasteiger partial charge in [0.2, 0.25) is 11.9 Å². The zero-order valence-corrected chi connectivity index (χ0v) is 12.1. The molecule has 0 bridgehead atoms. The normalized spacial score (nSPS) is 10.8. The number of benzene rings is 1. The maximum Gasteiger partial charge on any atom is 0.232 e. The van der Waals surface area contributed by atoms with Crippen molar-refractivity contribution in [2.75, 3.05) is 12.4 Å². The molecule has 22 heavy (non-hydrogen) atoms. The number of amides is 1. The summed E-state index contributed by atoms with van der Waals surface area (Å²) in [6.45, 7) is 1.81. The Hall–Kier alpha value is -2.87. The molecule has 0 aliphatic rings. The van der Waals surface area contributed by atoms with E-state index in [4.69, 9.17) is 4.74 Å². The average Bonchev–Trinajstić information content (AvgIpc) is 3.01. The summed E-state index contributed by atoms with van der Waals surface area (Å²) in [5, 5.41) is 7.51. The maximum absolute atomic E-state index is 11.3. The highest BCUT2D eigenvalue weighted by Crippen LogP contribution is 2.24. The van der Waals surface area contributed by atoms with Crippen LogP contribution in [0.3, 0.4) is 0 Å². The molecule has 0 aliphatic carbocycles. The molecule has 8 heteroatoms. The molecule has 0 unspecified atom stereocenters. The Morgan fingerprint density at radius 3 is 2.91 bits per heavy atom. The summed E-state index contributed by atoms with van der Waals surface area (Å²) in [5.74, 6) is 0.520. The molecule has 1 aromatic carbocycles. The van der Waals surface area contributed by atoms with Crippen molar-refractivity contribution in [3.8, 4) is 5.82 Å². The first-order valence-corrected chi connectivity index (χ1v) is 6.60. The minimum atomic E-state index is -0.242. The molecule has 2 heterocycles. The van der Waals surface area contributed by atoms with E-state index in [2.05, 4.69) is 25.4 Å². The van der Waals surface area contributed by atoms with Crippen molar-refractivity contribution in [2.45, 2.75) is 13.5 Å². The molecule has 8 nitrogen and oxygen atoms in total. The van der Waals surface area contributed by atoms with Crippen molar-refractivity contribution in [1.82, 2.24) is 24.7 Å². The van der Waals surface area contributed by atoms with Crippen LogP contribution in [0.5, 0.6) is 0 Å². The minimum Gasteiger partial charge on any atom is -0.380 e. The van der Waals surface area contributed by atoms with Crippen molar-refractivity contribution in [3.63, 3.8) is 0 Å². The van der Waals surface area contributed by atoms with Gasteiger partial charge in [0.25, 0.3) is 0 Å². The molecule has 0 spiro atoms. The first-order chi connectivity index (χ1) is 10.7. The van der Waals surface area contributed by atoms with E-state index in [9.17, 15) is 4.79 Å². The fourth-order valence-corrected chi connectivity index (χ4v) is 2.17. The number of nitrogens with one attached hydrogen (secondary N) is 1. The second kappa shape index (κ2) is 5.86. The third-order valence-corrected chi connectivity index (χ3v) is 3.01. The Balaban J connectivity index is 2.27. The maximum atomic E-state index is 11.3. The Morgan fingerprint density at radius 2 is 2.23 bits per heavy atom. The lowest BCUT2D eigenvalue weighted by atomic mass is 10.1. The van der Waals surface area contributed by atoms with E-state index < -0.39 is 0 Å². The number of nitrogens with zero attached hydrogens (tertiary/aromatic N) is 5. The summed E-state index contributed by atoms with van der Waals surface area (Å²) in [5.41, 5.74) is 1.60. The lowest BCUT2D eigenvalue weighted by Crippen LogP contribution is -2.12. The largest absolute Gasteiger partial charge is 0.380 e. The van der Waals surface area contributed by atoms with Gasteiger partial charge in [0.05, 0.1) is 12.1 Å². The number of aromatic nitrogens is 5. The van der Waals surface area contributed by atoms with Crippen molar-refractivity contribution in [2.24, 2.45) is 0 Å². The third kappa shape index (κ3) is 2.63. The van der Waals surface area contributed by atoms with Gasteiger partial charge in [-0.15, -0.1) is 0 Å². The highest BCUT2D eigenvalue weighted by atomic mass is 16.5. The number of rotatable bonds is 4. The standard InChI is InChI=1S/C14H14N6O2/c1-9(21)17-14-18-12-10(6-22-2)4-3-5-11(12)13(19-14)20-8-15-7-16-20/h3-5,7-8H,6H2,1-2H3,(H,17,18,19,21). The second-order valence-corrected chi connectivity index (χ2v) is 4.64. The van der Waals surface area contributed by atoms with E-state index in [-0.39, 0.29) is 11.9 Å². The summed E-state index contributed by atoms with van der Waals surface area (Å²) in [6.07, 6.45) is 2.97. The topological polar surface area (TPSA) is 94.8 Å². The number of ether oxygens (including phenoxy) is 1. The number of methoxy groups -OCH3 is 1. The molecule has 3 rings (SSSR count). The Bertz CT molecular complexity index is 816. The lowest BCUT2D eigenvalue weighted by molar-refractivity contribution is -0.114. The molecule has 2 aromatic heterocycles. The van der Waals surface area contributed by atoms with Gasteiger partial charge in [0.15, 0.2) is 5.82 Å². The van der Waals surface area contributed by atoms with Crippen LogP contribution in [0, 0.1) is 0 Å². The van der Waals surface area contributed by atoms with Crippen LogP contribution in [0.1, 0.15) is 12.5 Å². The highest BCUT2D eigenvalue weighted by molar-refractivity contribution is 5.92. The molecule has 112 valence electrons. The summed E-state index contributed by atoms with van der Waals surface area (Å²) in [7, 11) is 1.62. The quantitative estimate of drug-likeness (QED) is 0.780. The Morgan fingerprint density at radius 1 is 1.36 bits per heavy atom. The van der Waals surface area contributed by atoms with Crippen molar-refractivity contribution < 1.29 is 9.53 Å². The first-order valence-electron chi connectivity index (χ1n) is 6.60. The highest BCUT2D eigenvalue weighted by Gasteiger charge is 2.13. The number of hydrogen-bond donors (Lipinski definition) is 1. The van der Waals surface area contributed by atoms with Crippen LogP contribution >= 0.6 is 0 Å². The SMILES string of the molecule is COCc1cccc2c(-n3cncn3)nc(NC(C)=O)nc12. The molecule has 0 saturated heterocycles. The predicted molar refractivity (Wildman–Crippen MR) is 79.5 cm³/mol. The fourth-order valence-electron chi connectivity index (χ4n) is 2.17. The van der Waals surface area contributed by atoms with Gasteiger partial charge in [0, 0.05) is 25.0 Å². The van der Waals surface area contributed by atoms with Crippen LogP contribution in [0.25, 0.3) is 16.7 Å². The zero-order valence-electron chi connectivity index (χ0n) is 12.1. The minimum absolute atomic E-state index is 0.217. The monoisotopic (exact) mass is 298 g/mol. The van der Waals surface area contributed by atoms with E-state index >= 15 is 0 Å². The molecule has 3 aromatic rings. The molecule has 0 saturated carbocycles. The van der Waals surface area contributed by atoms with Gasteiger partial charge in [-0.3, -0.25) is 10.1 Å². The van der Waals surface area contributed by atoms with Gasteiger partial charge < -0.3 is 4.74 Å². The Kier molecular flexibility index (Phi) is 3.75. The lowest BCUT2D eigenvalue weighted by Gasteiger charge is -2.11. The average molecular weight is 298 g/mol. The van der Waals surface area contributed by atoms with Crippen LogP contribution in [0.15, 0.2) is 30.9 Å². The second-order valence-electron chi connectivity index (χ2n) is 4.64. The van der Waals surface area contributed by atoms with E-state index in [1.54, 1.807) is 13.4 Å². The summed E-state index contributed by atoms with van der Waals surface area (Å²) < 4.78 is 6.74. The van der Waals surface area contributed by atoms with Gasteiger partial charge in [-0.05, 0) is 6.07 Å². The molecule has 0 atom stereocenters. The van der Waals surface area contributed by atoms with Crippen LogP contribution < -0.4 is 5.32 Å². The summed E-state index contributed by atoms with van der Waals surface area (Å²) in [4.78, 5) is 24.0. The number of carbonyl (C=O) groups excluding carboxylic acids is 1. The van der Waals surface area contributed by atoms with Gasteiger partial charge in [-0.25, -0.2) is 14.6 Å². The molecular weight excluding hydrogens is 284 g/mol. The van der Waals surface area contributed by atoms with Crippen LogP contribution in [0.2, 0.25) is 0 Å². The molecule has 0 aliphatic heterocycles. The van der Waals surface area contributed by atoms with Gasteiger partial charge in [-0.2, -0.15) is 10.1 Å². The van der Waals surface area contributed by atoms with Crippen LogP contribution in [-0.2, 0) is 16.1 Å². The molecule has 1 N–H and O–H groups in total. The molecule has 1 amide bonds. The summed E-state index contributed by atoms with van der Waals surface area (Å²) in [6, 6.07) is 5.71. The number of anilines is 1. The number of hydrogen-bond acceptors (Lipinski definition) is 6. The van der Waals surface area contributed by atoms with Gasteiger partial charge >= 0.3 is 0 Å².